The summed E-state index contributed by atoms with van der Waals surface area (Å²) in [6, 6.07) is 2.35. The standard InChI is InChI=1S/C13H15N3O2/c1-2-9-3-11(5-14-4-9)16-7-10-6-15(13(17)18)8-12(10)16/h2-5,10,12H,1,6-8H2,(H,17,18)/t10-,12-/m0/s1. The molecule has 2 saturated heterocycles. The molecule has 1 amide bonds. The number of hydrogen-bond donors (Lipinski definition) is 1. The maximum Gasteiger partial charge on any atom is 0.407 e. The number of carbonyl (C=O) groups is 1. The van der Waals surface area contributed by atoms with Crippen molar-refractivity contribution in [1.29, 1.82) is 0 Å². The predicted octanol–water partition coefficient (Wildman–Crippen LogP) is 1.52. The lowest BCUT2D eigenvalue weighted by molar-refractivity contribution is 0.155. The fraction of sp³-hybridized carbons (Fsp3) is 0.385. The average Bonchev–Trinajstić information content (AvgIpc) is 2.68. The number of rotatable bonds is 2. The zero-order valence-electron chi connectivity index (χ0n) is 9.99. The van der Waals surface area contributed by atoms with Crippen molar-refractivity contribution in [2.45, 2.75) is 6.04 Å². The summed E-state index contributed by atoms with van der Waals surface area (Å²) in [7, 11) is 0. The lowest BCUT2D eigenvalue weighted by Gasteiger charge is -2.45. The molecule has 5 heteroatoms. The van der Waals surface area contributed by atoms with Crippen LogP contribution >= 0.6 is 0 Å². The molecule has 94 valence electrons. The predicted molar refractivity (Wildman–Crippen MR) is 68.5 cm³/mol. The van der Waals surface area contributed by atoms with Crippen LogP contribution in [0.15, 0.2) is 25.0 Å². The van der Waals surface area contributed by atoms with Crippen LogP contribution < -0.4 is 4.90 Å². The van der Waals surface area contributed by atoms with Crippen molar-refractivity contribution in [3.8, 4) is 0 Å². The largest absolute Gasteiger partial charge is 0.465 e. The Labute approximate surface area is 105 Å². The molecule has 2 fully saturated rings. The minimum atomic E-state index is -0.817. The van der Waals surface area contributed by atoms with Gasteiger partial charge in [-0.1, -0.05) is 12.7 Å². The zero-order chi connectivity index (χ0) is 12.7. The molecule has 18 heavy (non-hydrogen) atoms. The Morgan fingerprint density at radius 1 is 1.44 bits per heavy atom. The van der Waals surface area contributed by atoms with Gasteiger partial charge in [0.15, 0.2) is 0 Å². The van der Waals surface area contributed by atoms with Crippen LogP contribution in [0.3, 0.4) is 0 Å². The first kappa shape index (κ1) is 11.1. The highest BCUT2D eigenvalue weighted by Crippen LogP contribution is 2.36. The van der Waals surface area contributed by atoms with Crippen molar-refractivity contribution in [2.75, 3.05) is 24.5 Å². The number of likely N-dealkylation sites (tertiary alicyclic amines) is 1. The molecule has 2 atom stereocenters. The Morgan fingerprint density at radius 2 is 2.28 bits per heavy atom. The van der Waals surface area contributed by atoms with Gasteiger partial charge in [0.1, 0.15) is 0 Å². The molecule has 0 bridgehead atoms. The normalized spacial score (nSPS) is 25.6. The molecule has 0 radical (unpaired) electrons. The first-order valence-corrected chi connectivity index (χ1v) is 6.01. The number of carboxylic acid groups (broad SMARTS) is 1. The van der Waals surface area contributed by atoms with E-state index in [-0.39, 0.29) is 0 Å². The van der Waals surface area contributed by atoms with Gasteiger partial charge in [-0.15, -0.1) is 0 Å². The molecule has 1 aromatic heterocycles. The van der Waals surface area contributed by atoms with Crippen molar-refractivity contribution in [3.63, 3.8) is 0 Å². The molecule has 5 nitrogen and oxygen atoms in total. The smallest absolute Gasteiger partial charge is 0.407 e. The van der Waals surface area contributed by atoms with Gasteiger partial charge in [0.25, 0.3) is 0 Å². The Hall–Kier alpha value is -2.04. The summed E-state index contributed by atoms with van der Waals surface area (Å²) < 4.78 is 0. The monoisotopic (exact) mass is 245 g/mol. The number of anilines is 1. The van der Waals surface area contributed by atoms with E-state index in [9.17, 15) is 4.79 Å². The molecule has 3 rings (SSSR count). The van der Waals surface area contributed by atoms with Crippen molar-refractivity contribution in [2.24, 2.45) is 5.92 Å². The number of amides is 1. The minimum Gasteiger partial charge on any atom is -0.465 e. The highest BCUT2D eigenvalue weighted by Gasteiger charge is 2.47. The third-order valence-corrected chi connectivity index (χ3v) is 3.82. The number of aromatic nitrogens is 1. The van der Waals surface area contributed by atoms with Crippen LogP contribution in [-0.2, 0) is 0 Å². The molecule has 0 spiro atoms. The van der Waals surface area contributed by atoms with Crippen molar-refractivity contribution in [3.05, 3.63) is 30.6 Å². The minimum absolute atomic E-state index is 0.308. The molecular weight excluding hydrogens is 230 g/mol. The molecule has 1 N–H and O–H groups in total. The number of nitrogens with zero attached hydrogens (tertiary/aromatic N) is 3. The van der Waals surface area contributed by atoms with Crippen LogP contribution in [0.2, 0.25) is 0 Å². The molecule has 3 heterocycles. The third-order valence-electron chi connectivity index (χ3n) is 3.82. The van der Waals surface area contributed by atoms with E-state index in [1.807, 2.05) is 12.3 Å². The molecule has 2 aliphatic heterocycles. The summed E-state index contributed by atoms with van der Waals surface area (Å²) in [6.07, 6.45) is 4.55. The lowest BCUT2D eigenvalue weighted by atomic mass is 9.91. The fourth-order valence-corrected chi connectivity index (χ4v) is 2.80. The summed E-state index contributed by atoms with van der Waals surface area (Å²) in [5, 5.41) is 9.00. The quantitative estimate of drug-likeness (QED) is 0.858. The molecule has 0 aromatic carbocycles. The van der Waals surface area contributed by atoms with E-state index >= 15 is 0 Å². The van der Waals surface area contributed by atoms with Gasteiger partial charge >= 0.3 is 6.09 Å². The molecule has 0 unspecified atom stereocenters. The second-order valence-electron chi connectivity index (χ2n) is 4.85. The maximum atomic E-state index is 10.9. The number of fused-ring (bicyclic) bond motifs is 1. The topological polar surface area (TPSA) is 56.7 Å². The van der Waals surface area contributed by atoms with Crippen molar-refractivity contribution < 1.29 is 9.90 Å². The van der Waals surface area contributed by atoms with E-state index in [1.165, 1.54) is 4.90 Å². The highest BCUT2D eigenvalue weighted by molar-refractivity contribution is 5.67. The van der Waals surface area contributed by atoms with Crippen LogP contribution in [0.25, 0.3) is 6.08 Å². The SMILES string of the molecule is C=Cc1cncc(N2C[C@@H]3CN(C(=O)O)C[C@@H]32)c1. The Kier molecular flexibility index (Phi) is 2.47. The van der Waals surface area contributed by atoms with Crippen LogP contribution in [0.5, 0.6) is 0 Å². The van der Waals surface area contributed by atoms with Crippen LogP contribution in [0.4, 0.5) is 10.5 Å². The third kappa shape index (κ3) is 1.63. The second-order valence-corrected chi connectivity index (χ2v) is 4.85. The van der Waals surface area contributed by atoms with E-state index in [0.717, 1.165) is 17.8 Å². The molecule has 0 saturated carbocycles. The summed E-state index contributed by atoms with van der Waals surface area (Å²) in [4.78, 5) is 18.9. The van der Waals surface area contributed by atoms with Gasteiger partial charge in [0.2, 0.25) is 0 Å². The van der Waals surface area contributed by atoms with Crippen molar-refractivity contribution in [1.82, 2.24) is 9.88 Å². The van der Waals surface area contributed by atoms with Gasteiger partial charge in [0.05, 0.1) is 17.9 Å². The van der Waals surface area contributed by atoms with Gasteiger partial charge in [-0.2, -0.15) is 0 Å². The van der Waals surface area contributed by atoms with E-state index in [0.29, 0.717) is 25.0 Å². The maximum absolute atomic E-state index is 10.9. The summed E-state index contributed by atoms with van der Waals surface area (Å²) >= 11 is 0. The Morgan fingerprint density at radius 3 is 3.00 bits per heavy atom. The molecule has 2 aliphatic rings. The van der Waals surface area contributed by atoms with Gasteiger partial charge in [-0.25, -0.2) is 4.79 Å². The Balaban J connectivity index is 1.76. The number of hydrogen-bond acceptors (Lipinski definition) is 3. The summed E-state index contributed by atoms with van der Waals surface area (Å²) in [5.74, 6) is 0.466. The van der Waals surface area contributed by atoms with Crippen LogP contribution in [0, 0.1) is 5.92 Å². The molecule has 1 aromatic rings. The van der Waals surface area contributed by atoms with Crippen molar-refractivity contribution >= 4 is 17.9 Å². The van der Waals surface area contributed by atoms with Gasteiger partial charge in [0, 0.05) is 31.7 Å². The first-order chi connectivity index (χ1) is 8.69. The highest BCUT2D eigenvalue weighted by atomic mass is 16.4. The fourth-order valence-electron chi connectivity index (χ4n) is 2.80. The Bertz CT molecular complexity index is 503. The first-order valence-electron chi connectivity index (χ1n) is 6.01. The average molecular weight is 245 g/mol. The second kappa shape index (κ2) is 4.01. The van der Waals surface area contributed by atoms with E-state index in [2.05, 4.69) is 16.5 Å². The lowest BCUT2D eigenvalue weighted by Crippen LogP contribution is -2.55. The van der Waals surface area contributed by atoms with E-state index in [1.54, 1.807) is 12.3 Å². The van der Waals surface area contributed by atoms with Crippen LogP contribution in [-0.4, -0.2) is 46.8 Å². The van der Waals surface area contributed by atoms with Crippen LogP contribution in [0.1, 0.15) is 5.56 Å². The van der Waals surface area contributed by atoms with Gasteiger partial charge in [-0.3, -0.25) is 4.98 Å². The summed E-state index contributed by atoms with van der Waals surface area (Å²) in [6.45, 7) is 5.90. The van der Waals surface area contributed by atoms with Gasteiger partial charge < -0.3 is 14.9 Å². The zero-order valence-corrected chi connectivity index (χ0v) is 9.99. The molecule has 0 aliphatic carbocycles. The molecular formula is C13H15N3O2. The summed E-state index contributed by atoms with van der Waals surface area (Å²) in [5.41, 5.74) is 2.05. The number of pyridine rings is 1. The van der Waals surface area contributed by atoms with Gasteiger partial charge in [-0.05, 0) is 11.6 Å². The van der Waals surface area contributed by atoms with E-state index in [4.69, 9.17) is 5.11 Å². The van der Waals surface area contributed by atoms with E-state index < -0.39 is 6.09 Å².